The molecule has 1 aromatic carbocycles. The predicted octanol–water partition coefficient (Wildman–Crippen LogP) is 3.04. The van der Waals surface area contributed by atoms with Gasteiger partial charge in [-0.1, -0.05) is 29.3 Å². The molecule has 0 spiro atoms. The number of carboxylic acid groups (broad SMARTS) is 1. The summed E-state index contributed by atoms with van der Waals surface area (Å²) in [5, 5.41) is 11.7. The van der Waals surface area contributed by atoms with Gasteiger partial charge in [-0.25, -0.2) is 0 Å². The van der Waals surface area contributed by atoms with Gasteiger partial charge in [-0.05, 0) is 38.0 Å². The number of carbonyl (C=O) groups is 2. The van der Waals surface area contributed by atoms with Gasteiger partial charge < -0.3 is 16.2 Å². The van der Waals surface area contributed by atoms with Crippen LogP contribution in [0.15, 0.2) is 22.7 Å². The van der Waals surface area contributed by atoms with E-state index in [0.29, 0.717) is 17.7 Å². The van der Waals surface area contributed by atoms with Gasteiger partial charge in [-0.3, -0.25) is 9.59 Å². The number of benzene rings is 1. The molecule has 21 heavy (non-hydrogen) atoms. The molecule has 116 valence electrons. The van der Waals surface area contributed by atoms with Crippen molar-refractivity contribution in [1.29, 1.82) is 0 Å². The molecular formula is C15H21BrN2O3. The lowest BCUT2D eigenvalue weighted by molar-refractivity contribution is -0.141. The van der Waals surface area contributed by atoms with E-state index in [9.17, 15) is 9.59 Å². The third-order valence-electron chi connectivity index (χ3n) is 3.33. The Morgan fingerprint density at radius 3 is 2.57 bits per heavy atom. The van der Waals surface area contributed by atoms with Crippen molar-refractivity contribution >= 4 is 33.5 Å². The van der Waals surface area contributed by atoms with Crippen LogP contribution in [-0.4, -0.2) is 23.0 Å². The summed E-state index contributed by atoms with van der Waals surface area (Å²) in [4.78, 5) is 22.8. The van der Waals surface area contributed by atoms with Gasteiger partial charge in [0, 0.05) is 16.2 Å². The van der Waals surface area contributed by atoms with Crippen LogP contribution in [-0.2, 0) is 4.79 Å². The first-order chi connectivity index (χ1) is 9.81. The number of hydrogen-bond acceptors (Lipinski definition) is 3. The maximum atomic E-state index is 12.1. The number of aliphatic carboxylic acids is 1. The Balaban J connectivity index is 2.45. The maximum Gasteiger partial charge on any atom is 0.306 e. The SMILES string of the molecule is CC(CCCC(C)C(=O)O)NC(=O)c1ccc(Br)cc1N. The molecule has 1 amide bonds. The van der Waals surface area contributed by atoms with Crippen LogP contribution >= 0.6 is 15.9 Å². The van der Waals surface area contributed by atoms with Crippen molar-refractivity contribution in [2.45, 2.75) is 39.2 Å². The smallest absolute Gasteiger partial charge is 0.306 e. The van der Waals surface area contributed by atoms with Crippen LogP contribution in [0, 0.1) is 5.92 Å². The van der Waals surface area contributed by atoms with E-state index < -0.39 is 5.97 Å². The lowest BCUT2D eigenvalue weighted by Gasteiger charge is -2.15. The molecule has 0 aliphatic heterocycles. The highest BCUT2D eigenvalue weighted by Crippen LogP contribution is 2.19. The number of nitrogen functional groups attached to an aromatic ring is 1. The zero-order valence-corrected chi connectivity index (χ0v) is 13.8. The van der Waals surface area contributed by atoms with Crippen molar-refractivity contribution in [3.8, 4) is 0 Å². The monoisotopic (exact) mass is 356 g/mol. The Hall–Kier alpha value is -1.56. The van der Waals surface area contributed by atoms with E-state index in [1.165, 1.54) is 0 Å². The molecule has 1 rings (SSSR count). The third kappa shape index (κ3) is 5.75. The van der Waals surface area contributed by atoms with Crippen molar-refractivity contribution in [2.24, 2.45) is 5.92 Å². The first-order valence-electron chi connectivity index (χ1n) is 6.90. The zero-order chi connectivity index (χ0) is 16.0. The van der Waals surface area contributed by atoms with Crippen LogP contribution in [0.1, 0.15) is 43.5 Å². The second-order valence-corrected chi connectivity index (χ2v) is 6.19. The quantitative estimate of drug-likeness (QED) is 0.654. The molecule has 4 N–H and O–H groups in total. The van der Waals surface area contributed by atoms with Gasteiger partial charge in [0.2, 0.25) is 0 Å². The number of rotatable bonds is 7. The lowest BCUT2D eigenvalue weighted by Crippen LogP contribution is -2.33. The summed E-state index contributed by atoms with van der Waals surface area (Å²) in [6, 6.07) is 5.11. The summed E-state index contributed by atoms with van der Waals surface area (Å²) in [5.41, 5.74) is 6.69. The van der Waals surface area contributed by atoms with Gasteiger partial charge >= 0.3 is 5.97 Å². The number of carboxylic acids is 1. The summed E-state index contributed by atoms with van der Waals surface area (Å²) in [5.74, 6) is -1.34. The molecular weight excluding hydrogens is 336 g/mol. The van der Waals surface area contributed by atoms with Crippen LogP contribution in [0.3, 0.4) is 0 Å². The first kappa shape index (κ1) is 17.5. The standard InChI is InChI=1S/C15H21BrN2O3/c1-9(15(20)21)4-3-5-10(2)18-14(19)12-7-6-11(16)8-13(12)17/h6-10H,3-5,17H2,1-2H3,(H,18,19)(H,20,21). The van der Waals surface area contributed by atoms with Crippen molar-refractivity contribution in [3.63, 3.8) is 0 Å². The van der Waals surface area contributed by atoms with E-state index in [2.05, 4.69) is 21.2 Å². The Labute approximate surface area is 133 Å². The molecule has 6 heteroatoms. The minimum atomic E-state index is -0.783. The summed E-state index contributed by atoms with van der Waals surface area (Å²) in [6.07, 6.45) is 2.10. The van der Waals surface area contributed by atoms with Gasteiger partial charge in [0.15, 0.2) is 0 Å². The summed E-state index contributed by atoms with van der Waals surface area (Å²) in [6.45, 7) is 3.59. The van der Waals surface area contributed by atoms with E-state index >= 15 is 0 Å². The van der Waals surface area contributed by atoms with Crippen molar-refractivity contribution < 1.29 is 14.7 Å². The fourth-order valence-corrected chi connectivity index (χ4v) is 2.35. The van der Waals surface area contributed by atoms with Crippen LogP contribution in [0.2, 0.25) is 0 Å². The van der Waals surface area contributed by atoms with Crippen molar-refractivity contribution in [2.75, 3.05) is 5.73 Å². The minimum Gasteiger partial charge on any atom is -0.481 e. The number of hydrogen-bond donors (Lipinski definition) is 3. The molecule has 0 aliphatic rings. The molecule has 0 bridgehead atoms. The molecule has 0 saturated heterocycles. The molecule has 2 atom stereocenters. The Kier molecular flexibility index (Phi) is 6.68. The number of carbonyl (C=O) groups excluding carboxylic acids is 1. The zero-order valence-electron chi connectivity index (χ0n) is 12.2. The summed E-state index contributed by atoms with van der Waals surface area (Å²) < 4.78 is 0.826. The van der Waals surface area contributed by atoms with Crippen molar-refractivity contribution in [3.05, 3.63) is 28.2 Å². The van der Waals surface area contributed by atoms with E-state index in [0.717, 1.165) is 17.3 Å². The van der Waals surface area contributed by atoms with E-state index in [1.54, 1.807) is 25.1 Å². The van der Waals surface area contributed by atoms with Gasteiger partial charge in [-0.15, -0.1) is 0 Å². The fourth-order valence-electron chi connectivity index (χ4n) is 1.97. The van der Waals surface area contributed by atoms with Gasteiger partial charge in [0.25, 0.3) is 5.91 Å². The number of nitrogens with one attached hydrogen (secondary N) is 1. The molecule has 0 radical (unpaired) electrons. The fraction of sp³-hybridized carbons (Fsp3) is 0.467. The molecule has 0 aliphatic carbocycles. The Morgan fingerprint density at radius 2 is 2.00 bits per heavy atom. The van der Waals surface area contributed by atoms with Crippen LogP contribution in [0.4, 0.5) is 5.69 Å². The second kappa shape index (κ2) is 8.02. The van der Waals surface area contributed by atoms with E-state index in [-0.39, 0.29) is 17.9 Å². The average molecular weight is 357 g/mol. The van der Waals surface area contributed by atoms with Gasteiger partial charge in [0.05, 0.1) is 11.5 Å². The first-order valence-corrected chi connectivity index (χ1v) is 7.69. The second-order valence-electron chi connectivity index (χ2n) is 5.28. The van der Waals surface area contributed by atoms with Gasteiger partial charge in [-0.2, -0.15) is 0 Å². The summed E-state index contributed by atoms with van der Waals surface area (Å²) in [7, 11) is 0. The number of anilines is 1. The average Bonchev–Trinajstić information content (AvgIpc) is 2.37. The number of amides is 1. The van der Waals surface area contributed by atoms with Crippen molar-refractivity contribution in [1.82, 2.24) is 5.32 Å². The highest BCUT2D eigenvalue weighted by Gasteiger charge is 2.14. The number of halogens is 1. The van der Waals surface area contributed by atoms with Gasteiger partial charge in [0.1, 0.15) is 0 Å². The molecule has 0 heterocycles. The molecule has 0 fully saturated rings. The van der Waals surface area contributed by atoms with E-state index in [1.807, 2.05) is 6.92 Å². The molecule has 5 nitrogen and oxygen atoms in total. The lowest BCUT2D eigenvalue weighted by atomic mass is 10.0. The summed E-state index contributed by atoms with van der Waals surface area (Å²) >= 11 is 3.30. The highest BCUT2D eigenvalue weighted by molar-refractivity contribution is 9.10. The van der Waals surface area contributed by atoms with E-state index in [4.69, 9.17) is 10.8 Å². The predicted molar refractivity (Wildman–Crippen MR) is 86.1 cm³/mol. The molecule has 0 aromatic heterocycles. The Morgan fingerprint density at radius 1 is 1.33 bits per heavy atom. The molecule has 1 aromatic rings. The minimum absolute atomic E-state index is 0.0264. The third-order valence-corrected chi connectivity index (χ3v) is 3.82. The van der Waals surface area contributed by atoms with Crippen LogP contribution in [0.5, 0.6) is 0 Å². The largest absolute Gasteiger partial charge is 0.481 e. The van der Waals surface area contributed by atoms with Crippen LogP contribution in [0.25, 0.3) is 0 Å². The molecule has 0 saturated carbocycles. The normalized spacial score (nSPS) is 13.5. The number of nitrogens with two attached hydrogens (primary N) is 1. The van der Waals surface area contributed by atoms with Crippen LogP contribution < -0.4 is 11.1 Å². The topological polar surface area (TPSA) is 92.4 Å². The maximum absolute atomic E-state index is 12.1. The molecule has 2 unspecified atom stereocenters. The highest BCUT2D eigenvalue weighted by atomic mass is 79.9. The Bertz CT molecular complexity index is 520.